The van der Waals surface area contributed by atoms with Gasteiger partial charge in [-0.05, 0) is 36.5 Å². The third-order valence-corrected chi connectivity index (χ3v) is 5.32. The molecule has 1 aliphatic heterocycles. The van der Waals surface area contributed by atoms with Crippen molar-refractivity contribution in [1.29, 1.82) is 0 Å². The second-order valence-corrected chi connectivity index (χ2v) is 7.86. The fourth-order valence-electron chi connectivity index (χ4n) is 3.69. The minimum absolute atomic E-state index is 0.169. The number of ether oxygens (including phenoxy) is 1. The number of likely N-dealkylation sites (tertiary alicyclic amines) is 1. The molecule has 1 aliphatic rings. The van der Waals surface area contributed by atoms with Crippen LogP contribution in [0.2, 0.25) is 0 Å². The highest BCUT2D eigenvalue weighted by molar-refractivity contribution is 6.05. The van der Waals surface area contributed by atoms with E-state index < -0.39 is 5.97 Å². The van der Waals surface area contributed by atoms with Gasteiger partial charge in [0.05, 0.1) is 11.1 Å². The Morgan fingerprint density at radius 2 is 1.70 bits per heavy atom. The van der Waals surface area contributed by atoms with Crippen LogP contribution in [0, 0.1) is 5.92 Å². The zero-order valence-electron chi connectivity index (χ0n) is 17.5. The van der Waals surface area contributed by atoms with E-state index in [4.69, 9.17) is 4.74 Å². The van der Waals surface area contributed by atoms with Gasteiger partial charge in [-0.2, -0.15) is 0 Å². The van der Waals surface area contributed by atoms with Crippen LogP contribution in [0.25, 0.3) is 0 Å². The first-order valence-electron chi connectivity index (χ1n) is 10.3. The average Bonchev–Trinajstić information content (AvgIpc) is 2.77. The summed E-state index contributed by atoms with van der Waals surface area (Å²) in [5.41, 5.74) is 1.43. The number of esters is 1. The first kappa shape index (κ1) is 21.6. The van der Waals surface area contributed by atoms with Crippen LogP contribution < -0.4 is 0 Å². The van der Waals surface area contributed by atoms with Crippen molar-refractivity contribution in [3.8, 4) is 0 Å². The van der Waals surface area contributed by atoms with Gasteiger partial charge in [-0.15, -0.1) is 0 Å². The minimum atomic E-state index is -0.662. The van der Waals surface area contributed by atoms with Crippen molar-refractivity contribution in [2.24, 2.45) is 5.92 Å². The maximum absolute atomic E-state index is 12.9. The molecule has 2 aromatic rings. The number of nitrogens with zero attached hydrogens (tertiary/aromatic N) is 2. The normalized spacial score (nSPS) is 16.1. The highest BCUT2D eigenvalue weighted by Crippen LogP contribution is 2.17. The lowest BCUT2D eigenvalue weighted by atomic mass is 10.0. The van der Waals surface area contributed by atoms with Gasteiger partial charge in [0.15, 0.2) is 6.61 Å². The number of piperidine rings is 1. The average molecular weight is 408 g/mol. The molecular formula is C24H28N2O4. The van der Waals surface area contributed by atoms with Crippen LogP contribution in [-0.4, -0.2) is 54.3 Å². The van der Waals surface area contributed by atoms with E-state index in [-0.39, 0.29) is 29.5 Å². The number of amides is 2. The molecule has 3 rings (SSSR count). The maximum Gasteiger partial charge on any atom is 0.339 e. The van der Waals surface area contributed by atoms with Crippen molar-refractivity contribution >= 4 is 17.8 Å². The van der Waals surface area contributed by atoms with E-state index >= 15 is 0 Å². The van der Waals surface area contributed by atoms with Gasteiger partial charge in [0, 0.05) is 26.7 Å². The van der Waals surface area contributed by atoms with Gasteiger partial charge < -0.3 is 14.5 Å². The van der Waals surface area contributed by atoms with E-state index in [1.165, 1.54) is 0 Å². The first-order valence-corrected chi connectivity index (χ1v) is 10.3. The molecule has 0 N–H and O–H groups in total. The standard InChI is InChI=1S/C24H28N2O4/c1-18-9-8-14-26(15-18)22(27)17-30-24(29)21-13-7-6-12-20(21)23(28)25(2)16-19-10-4-3-5-11-19/h3-7,10-13,18H,8-9,14-17H2,1-2H3/t18-/m1/s1. The summed E-state index contributed by atoms with van der Waals surface area (Å²) in [5, 5.41) is 0. The minimum Gasteiger partial charge on any atom is -0.452 e. The number of hydrogen-bond donors (Lipinski definition) is 0. The largest absolute Gasteiger partial charge is 0.452 e. The van der Waals surface area contributed by atoms with E-state index in [1.807, 2.05) is 30.3 Å². The molecule has 0 aliphatic carbocycles. The fourth-order valence-corrected chi connectivity index (χ4v) is 3.69. The van der Waals surface area contributed by atoms with Gasteiger partial charge in [0.1, 0.15) is 0 Å². The Hall–Kier alpha value is -3.15. The highest BCUT2D eigenvalue weighted by atomic mass is 16.5. The Morgan fingerprint density at radius 1 is 1.03 bits per heavy atom. The van der Waals surface area contributed by atoms with Gasteiger partial charge in [-0.1, -0.05) is 49.4 Å². The Labute approximate surface area is 177 Å². The lowest BCUT2D eigenvalue weighted by molar-refractivity contribution is -0.136. The molecule has 0 aromatic heterocycles. The summed E-state index contributed by atoms with van der Waals surface area (Å²) >= 11 is 0. The van der Waals surface area contributed by atoms with Crippen LogP contribution in [-0.2, 0) is 16.1 Å². The zero-order valence-corrected chi connectivity index (χ0v) is 17.5. The third kappa shape index (κ3) is 5.47. The van der Waals surface area contributed by atoms with Gasteiger partial charge >= 0.3 is 5.97 Å². The molecule has 6 heteroatoms. The van der Waals surface area contributed by atoms with Crippen molar-refractivity contribution in [2.75, 3.05) is 26.7 Å². The van der Waals surface area contributed by atoms with Crippen molar-refractivity contribution in [2.45, 2.75) is 26.3 Å². The quantitative estimate of drug-likeness (QED) is 0.688. The van der Waals surface area contributed by atoms with Gasteiger partial charge in [0.2, 0.25) is 0 Å². The molecule has 158 valence electrons. The maximum atomic E-state index is 12.9. The van der Waals surface area contributed by atoms with E-state index in [0.29, 0.717) is 25.6 Å². The van der Waals surface area contributed by atoms with Crippen molar-refractivity contribution < 1.29 is 19.1 Å². The highest BCUT2D eigenvalue weighted by Gasteiger charge is 2.24. The number of hydrogen-bond acceptors (Lipinski definition) is 4. The molecular weight excluding hydrogens is 380 g/mol. The predicted molar refractivity (Wildman–Crippen MR) is 114 cm³/mol. The van der Waals surface area contributed by atoms with Crippen LogP contribution in [0.1, 0.15) is 46.0 Å². The Morgan fingerprint density at radius 3 is 2.40 bits per heavy atom. The molecule has 0 radical (unpaired) electrons. The first-order chi connectivity index (χ1) is 14.5. The Bertz CT molecular complexity index is 897. The van der Waals surface area contributed by atoms with Crippen LogP contribution in [0.15, 0.2) is 54.6 Å². The van der Waals surface area contributed by atoms with Crippen LogP contribution >= 0.6 is 0 Å². The summed E-state index contributed by atoms with van der Waals surface area (Å²) in [4.78, 5) is 41.3. The fraction of sp³-hybridized carbons (Fsp3) is 0.375. The van der Waals surface area contributed by atoms with E-state index in [1.54, 1.807) is 41.1 Å². The Kier molecular flexibility index (Phi) is 7.22. The second kappa shape index (κ2) is 10.1. The van der Waals surface area contributed by atoms with Gasteiger partial charge in [-0.3, -0.25) is 9.59 Å². The molecule has 1 fully saturated rings. The monoisotopic (exact) mass is 408 g/mol. The third-order valence-electron chi connectivity index (χ3n) is 5.32. The molecule has 2 aromatic carbocycles. The summed E-state index contributed by atoms with van der Waals surface area (Å²) in [7, 11) is 1.69. The summed E-state index contributed by atoms with van der Waals surface area (Å²) in [6, 6.07) is 16.2. The van der Waals surface area contributed by atoms with Gasteiger partial charge in [0.25, 0.3) is 11.8 Å². The molecule has 0 unspecified atom stereocenters. The van der Waals surface area contributed by atoms with Crippen molar-refractivity contribution in [1.82, 2.24) is 9.80 Å². The number of rotatable bonds is 6. The van der Waals surface area contributed by atoms with Crippen LogP contribution in [0.5, 0.6) is 0 Å². The molecule has 1 atom stereocenters. The van der Waals surface area contributed by atoms with Crippen molar-refractivity contribution in [3.63, 3.8) is 0 Å². The van der Waals surface area contributed by atoms with Gasteiger partial charge in [-0.25, -0.2) is 4.79 Å². The number of carbonyl (C=O) groups excluding carboxylic acids is 3. The lowest BCUT2D eigenvalue weighted by Gasteiger charge is -2.30. The van der Waals surface area contributed by atoms with E-state index in [9.17, 15) is 14.4 Å². The summed E-state index contributed by atoms with van der Waals surface area (Å²) in [5.74, 6) is -0.676. The van der Waals surface area contributed by atoms with Crippen LogP contribution in [0.4, 0.5) is 0 Å². The summed E-state index contributed by atoms with van der Waals surface area (Å²) < 4.78 is 5.27. The zero-order chi connectivity index (χ0) is 21.5. The SMILES string of the molecule is C[C@@H]1CCCN(C(=O)COC(=O)c2ccccc2C(=O)N(C)Cc2ccccc2)C1. The molecule has 2 amide bonds. The number of benzene rings is 2. The summed E-state index contributed by atoms with van der Waals surface area (Å²) in [6.45, 7) is 3.61. The lowest BCUT2D eigenvalue weighted by Crippen LogP contribution is -2.41. The molecule has 6 nitrogen and oxygen atoms in total. The predicted octanol–water partition coefficient (Wildman–Crippen LogP) is 3.37. The molecule has 30 heavy (non-hydrogen) atoms. The smallest absolute Gasteiger partial charge is 0.339 e. The van der Waals surface area contributed by atoms with Crippen molar-refractivity contribution in [3.05, 3.63) is 71.3 Å². The summed E-state index contributed by atoms with van der Waals surface area (Å²) in [6.07, 6.45) is 2.07. The molecule has 1 heterocycles. The molecule has 0 saturated carbocycles. The second-order valence-electron chi connectivity index (χ2n) is 7.86. The Balaban J connectivity index is 1.64. The molecule has 0 bridgehead atoms. The van der Waals surface area contributed by atoms with E-state index in [2.05, 4.69) is 6.92 Å². The van der Waals surface area contributed by atoms with E-state index in [0.717, 1.165) is 18.4 Å². The topological polar surface area (TPSA) is 66.9 Å². The molecule has 1 saturated heterocycles. The molecule has 0 spiro atoms. The van der Waals surface area contributed by atoms with Crippen LogP contribution in [0.3, 0.4) is 0 Å². The number of carbonyl (C=O) groups is 3.